The van der Waals surface area contributed by atoms with E-state index in [2.05, 4.69) is 5.32 Å². The summed E-state index contributed by atoms with van der Waals surface area (Å²) in [7, 11) is 0. The van der Waals surface area contributed by atoms with E-state index in [1.807, 2.05) is 0 Å². The molecule has 1 aliphatic rings. The van der Waals surface area contributed by atoms with Crippen LogP contribution in [0.25, 0.3) is 0 Å². The highest BCUT2D eigenvalue weighted by Gasteiger charge is 2.23. The third-order valence-corrected chi connectivity index (χ3v) is 3.46. The standard InChI is InChI=1S/C15H19NO4/c1-10(14(18)16-12-4-2-3-5-12)20-15(19)11-6-8-13(17)9-7-11/h6-10,12,17H,2-5H2,1H3,(H,16,18)/t10-/m1/s1. The number of hydrogen-bond acceptors (Lipinski definition) is 4. The Bertz CT molecular complexity index is 477. The van der Waals surface area contributed by atoms with Crippen LogP contribution in [0.2, 0.25) is 0 Å². The van der Waals surface area contributed by atoms with E-state index < -0.39 is 12.1 Å². The number of benzene rings is 1. The summed E-state index contributed by atoms with van der Waals surface area (Å²) in [4.78, 5) is 23.7. The molecule has 0 heterocycles. The largest absolute Gasteiger partial charge is 0.508 e. The SMILES string of the molecule is C[C@@H](OC(=O)c1ccc(O)cc1)C(=O)NC1CCCC1. The quantitative estimate of drug-likeness (QED) is 0.825. The zero-order valence-electron chi connectivity index (χ0n) is 11.5. The van der Waals surface area contributed by atoms with Crippen molar-refractivity contribution in [3.63, 3.8) is 0 Å². The van der Waals surface area contributed by atoms with Gasteiger partial charge in [-0.05, 0) is 44.0 Å². The molecule has 20 heavy (non-hydrogen) atoms. The first-order valence-electron chi connectivity index (χ1n) is 6.86. The number of rotatable bonds is 4. The Hall–Kier alpha value is -2.04. The molecule has 1 aromatic carbocycles. The Morgan fingerprint density at radius 3 is 2.45 bits per heavy atom. The minimum Gasteiger partial charge on any atom is -0.508 e. The Balaban J connectivity index is 1.86. The van der Waals surface area contributed by atoms with Gasteiger partial charge in [0.05, 0.1) is 5.56 Å². The lowest BCUT2D eigenvalue weighted by atomic mass is 10.2. The fraction of sp³-hybridized carbons (Fsp3) is 0.467. The number of phenolic OH excluding ortho intramolecular Hbond substituents is 1. The molecule has 1 aliphatic carbocycles. The smallest absolute Gasteiger partial charge is 0.338 e. The third kappa shape index (κ3) is 3.73. The lowest BCUT2D eigenvalue weighted by molar-refractivity contribution is -0.129. The molecular formula is C15H19NO4. The van der Waals surface area contributed by atoms with Gasteiger partial charge in [0.2, 0.25) is 0 Å². The van der Waals surface area contributed by atoms with Crippen molar-refractivity contribution >= 4 is 11.9 Å². The van der Waals surface area contributed by atoms with Crippen LogP contribution in [0.4, 0.5) is 0 Å². The topological polar surface area (TPSA) is 75.6 Å². The van der Waals surface area contributed by atoms with E-state index in [0.717, 1.165) is 25.7 Å². The Morgan fingerprint density at radius 2 is 1.85 bits per heavy atom. The van der Waals surface area contributed by atoms with Crippen molar-refractivity contribution in [2.24, 2.45) is 0 Å². The molecule has 0 bridgehead atoms. The van der Waals surface area contributed by atoms with Crippen molar-refractivity contribution in [1.29, 1.82) is 0 Å². The molecule has 0 saturated heterocycles. The van der Waals surface area contributed by atoms with Gasteiger partial charge in [0, 0.05) is 6.04 Å². The predicted molar refractivity (Wildman–Crippen MR) is 73.4 cm³/mol. The van der Waals surface area contributed by atoms with Crippen molar-refractivity contribution in [2.75, 3.05) is 0 Å². The molecule has 0 unspecified atom stereocenters. The van der Waals surface area contributed by atoms with Crippen molar-refractivity contribution < 1.29 is 19.4 Å². The van der Waals surface area contributed by atoms with Crippen LogP contribution in [0.3, 0.4) is 0 Å². The molecule has 1 aromatic rings. The van der Waals surface area contributed by atoms with Gasteiger partial charge in [-0.1, -0.05) is 12.8 Å². The van der Waals surface area contributed by atoms with E-state index in [9.17, 15) is 9.59 Å². The number of carbonyl (C=O) groups excluding carboxylic acids is 2. The number of ether oxygens (including phenoxy) is 1. The van der Waals surface area contributed by atoms with E-state index in [1.54, 1.807) is 6.92 Å². The summed E-state index contributed by atoms with van der Waals surface area (Å²) in [6.07, 6.45) is 3.42. The summed E-state index contributed by atoms with van der Waals surface area (Å²) >= 11 is 0. The van der Waals surface area contributed by atoms with Gasteiger partial charge in [-0.25, -0.2) is 4.79 Å². The van der Waals surface area contributed by atoms with Gasteiger partial charge in [-0.15, -0.1) is 0 Å². The van der Waals surface area contributed by atoms with Gasteiger partial charge in [-0.2, -0.15) is 0 Å². The van der Waals surface area contributed by atoms with Crippen LogP contribution in [0.5, 0.6) is 5.75 Å². The molecule has 0 radical (unpaired) electrons. The Labute approximate surface area is 117 Å². The van der Waals surface area contributed by atoms with Crippen LogP contribution in [-0.4, -0.2) is 29.1 Å². The molecule has 1 amide bonds. The van der Waals surface area contributed by atoms with Crippen molar-refractivity contribution in [3.05, 3.63) is 29.8 Å². The molecule has 1 fully saturated rings. The maximum atomic E-state index is 11.9. The van der Waals surface area contributed by atoms with Gasteiger partial charge >= 0.3 is 5.97 Å². The zero-order chi connectivity index (χ0) is 14.5. The second kappa shape index (κ2) is 6.41. The van der Waals surface area contributed by atoms with Crippen LogP contribution in [0.15, 0.2) is 24.3 Å². The van der Waals surface area contributed by atoms with Gasteiger partial charge < -0.3 is 15.2 Å². The fourth-order valence-corrected chi connectivity index (χ4v) is 2.27. The maximum absolute atomic E-state index is 11.9. The Kier molecular flexibility index (Phi) is 4.61. The minimum atomic E-state index is -0.822. The monoisotopic (exact) mass is 277 g/mol. The van der Waals surface area contributed by atoms with Crippen molar-refractivity contribution in [2.45, 2.75) is 44.8 Å². The predicted octanol–water partition coefficient (Wildman–Crippen LogP) is 2.00. The first kappa shape index (κ1) is 14.4. The molecule has 5 nitrogen and oxygen atoms in total. The summed E-state index contributed by atoms with van der Waals surface area (Å²) in [6.45, 7) is 1.56. The second-order valence-electron chi connectivity index (χ2n) is 5.08. The fourth-order valence-electron chi connectivity index (χ4n) is 2.27. The highest BCUT2D eigenvalue weighted by Crippen LogP contribution is 2.18. The third-order valence-electron chi connectivity index (χ3n) is 3.46. The zero-order valence-corrected chi connectivity index (χ0v) is 11.5. The lowest BCUT2D eigenvalue weighted by Crippen LogP contribution is -2.40. The second-order valence-corrected chi connectivity index (χ2v) is 5.08. The van der Waals surface area contributed by atoms with E-state index >= 15 is 0 Å². The molecule has 2 rings (SSSR count). The molecule has 1 saturated carbocycles. The van der Waals surface area contributed by atoms with Crippen LogP contribution >= 0.6 is 0 Å². The number of phenols is 1. The summed E-state index contributed by atoms with van der Waals surface area (Å²) in [6, 6.07) is 5.93. The van der Waals surface area contributed by atoms with E-state index in [0.29, 0.717) is 5.56 Å². The number of carbonyl (C=O) groups is 2. The van der Waals surface area contributed by atoms with Crippen LogP contribution in [0.1, 0.15) is 43.0 Å². The molecule has 5 heteroatoms. The van der Waals surface area contributed by atoms with Gasteiger partial charge in [0.1, 0.15) is 5.75 Å². The van der Waals surface area contributed by atoms with E-state index in [-0.39, 0.29) is 17.7 Å². The first-order chi connectivity index (χ1) is 9.56. The first-order valence-corrected chi connectivity index (χ1v) is 6.86. The number of nitrogens with one attached hydrogen (secondary N) is 1. The highest BCUT2D eigenvalue weighted by atomic mass is 16.5. The average Bonchev–Trinajstić information content (AvgIpc) is 2.92. The van der Waals surface area contributed by atoms with Crippen molar-refractivity contribution in [1.82, 2.24) is 5.32 Å². The van der Waals surface area contributed by atoms with E-state index in [4.69, 9.17) is 9.84 Å². The van der Waals surface area contributed by atoms with Crippen molar-refractivity contribution in [3.8, 4) is 5.75 Å². The number of esters is 1. The van der Waals surface area contributed by atoms with Crippen LogP contribution in [0, 0.1) is 0 Å². The lowest BCUT2D eigenvalue weighted by Gasteiger charge is -2.17. The summed E-state index contributed by atoms with van der Waals surface area (Å²) in [5.74, 6) is -0.753. The molecule has 0 spiro atoms. The average molecular weight is 277 g/mol. The number of amides is 1. The molecule has 108 valence electrons. The number of hydrogen-bond donors (Lipinski definition) is 2. The Morgan fingerprint density at radius 1 is 1.25 bits per heavy atom. The summed E-state index contributed by atoms with van der Waals surface area (Å²) in [5, 5.41) is 12.0. The summed E-state index contributed by atoms with van der Waals surface area (Å²) in [5.41, 5.74) is 0.309. The maximum Gasteiger partial charge on any atom is 0.338 e. The number of aromatic hydroxyl groups is 1. The summed E-state index contributed by atoms with van der Waals surface area (Å²) < 4.78 is 5.12. The molecule has 1 atom stereocenters. The molecular weight excluding hydrogens is 258 g/mol. The minimum absolute atomic E-state index is 0.0774. The molecule has 0 aromatic heterocycles. The van der Waals surface area contributed by atoms with Gasteiger partial charge in [0.25, 0.3) is 5.91 Å². The molecule has 0 aliphatic heterocycles. The van der Waals surface area contributed by atoms with Gasteiger partial charge in [0.15, 0.2) is 6.10 Å². The normalized spacial score (nSPS) is 16.6. The van der Waals surface area contributed by atoms with E-state index in [1.165, 1.54) is 24.3 Å². The van der Waals surface area contributed by atoms with Gasteiger partial charge in [-0.3, -0.25) is 4.79 Å². The molecule has 2 N–H and O–H groups in total. The van der Waals surface area contributed by atoms with Crippen LogP contribution < -0.4 is 5.32 Å². The van der Waals surface area contributed by atoms with Crippen LogP contribution in [-0.2, 0) is 9.53 Å². The highest BCUT2D eigenvalue weighted by molar-refractivity contribution is 5.92.